The van der Waals surface area contributed by atoms with Crippen molar-refractivity contribution in [3.8, 4) is 11.3 Å². The van der Waals surface area contributed by atoms with E-state index >= 15 is 0 Å². The highest BCUT2D eigenvalue weighted by Gasteiger charge is 2.44. The molecule has 7 heteroatoms. The Morgan fingerprint density at radius 3 is 2.38 bits per heavy atom. The minimum Gasteiger partial charge on any atom is -0.397 e. The van der Waals surface area contributed by atoms with Crippen molar-refractivity contribution >= 4 is 11.6 Å². The van der Waals surface area contributed by atoms with Gasteiger partial charge in [-0.15, -0.1) is 0 Å². The molecule has 0 saturated carbocycles. The van der Waals surface area contributed by atoms with Crippen LogP contribution in [0.3, 0.4) is 0 Å². The van der Waals surface area contributed by atoms with Gasteiger partial charge in [-0.2, -0.15) is 0 Å². The Morgan fingerprint density at radius 1 is 1.07 bits per heavy atom. The van der Waals surface area contributed by atoms with Crippen molar-refractivity contribution in [3.05, 3.63) is 47.9 Å². The fourth-order valence-corrected chi connectivity index (χ4v) is 4.66. The first-order valence-electron chi connectivity index (χ1n) is 10.2. The lowest BCUT2D eigenvalue weighted by Gasteiger charge is -2.35. The van der Waals surface area contributed by atoms with Crippen LogP contribution in [0, 0.1) is 17.7 Å². The van der Waals surface area contributed by atoms with Crippen LogP contribution < -0.4 is 5.73 Å². The van der Waals surface area contributed by atoms with E-state index in [2.05, 4.69) is 9.88 Å². The molecule has 2 N–H and O–H groups in total. The number of benzene rings is 1. The zero-order valence-corrected chi connectivity index (χ0v) is 16.3. The van der Waals surface area contributed by atoms with Crippen molar-refractivity contribution in [3.63, 3.8) is 0 Å². The predicted molar refractivity (Wildman–Crippen MR) is 107 cm³/mol. The second-order valence-electron chi connectivity index (χ2n) is 8.38. The molecule has 0 aliphatic carbocycles. The van der Waals surface area contributed by atoms with Crippen molar-refractivity contribution < 1.29 is 13.9 Å². The number of nitrogen functional groups attached to an aromatic ring is 1. The number of nitrogens with two attached hydrogens (primary N) is 1. The van der Waals surface area contributed by atoms with Crippen molar-refractivity contribution in [1.29, 1.82) is 0 Å². The number of aromatic nitrogens is 1. The predicted octanol–water partition coefficient (Wildman–Crippen LogP) is 1.80. The molecule has 2 atom stereocenters. The zero-order valence-electron chi connectivity index (χ0n) is 16.3. The van der Waals surface area contributed by atoms with E-state index in [1.54, 1.807) is 24.3 Å². The third-order valence-electron chi connectivity index (χ3n) is 6.47. The molecule has 3 fully saturated rings. The highest BCUT2D eigenvalue weighted by atomic mass is 19.1. The van der Waals surface area contributed by atoms with E-state index in [9.17, 15) is 9.18 Å². The van der Waals surface area contributed by atoms with Crippen LogP contribution in [0.4, 0.5) is 10.1 Å². The van der Waals surface area contributed by atoms with Gasteiger partial charge in [-0.3, -0.25) is 14.7 Å². The van der Waals surface area contributed by atoms with Crippen LogP contribution in [0.5, 0.6) is 0 Å². The summed E-state index contributed by atoms with van der Waals surface area (Å²) >= 11 is 0. The molecule has 5 rings (SSSR count). The number of pyridine rings is 1. The molecule has 3 aliphatic heterocycles. The van der Waals surface area contributed by atoms with Crippen LogP contribution in [0.1, 0.15) is 5.69 Å². The van der Waals surface area contributed by atoms with Crippen LogP contribution in [0.25, 0.3) is 11.3 Å². The third-order valence-corrected chi connectivity index (χ3v) is 6.47. The van der Waals surface area contributed by atoms with Crippen molar-refractivity contribution in [2.24, 2.45) is 11.8 Å². The number of nitrogens with zero attached hydrogens (tertiary/aromatic N) is 3. The number of ether oxygens (including phenoxy) is 1. The number of rotatable bonds is 4. The Balaban J connectivity index is 1.24. The van der Waals surface area contributed by atoms with Crippen LogP contribution >= 0.6 is 0 Å². The summed E-state index contributed by atoms with van der Waals surface area (Å²) in [6.07, 6.45) is 0.195. The molecule has 152 valence electrons. The van der Waals surface area contributed by atoms with Gasteiger partial charge in [-0.1, -0.05) is 0 Å². The zero-order chi connectivity index (χ0) is 20.0. The second-order valence-corrected chi connectivity index (χ2v) is 8.38. The molecular weight excluding hydrogens is 371 g/mol. The molecule has 2 aromatic rings. The Labute approximate surface area is 169 Å². The number of halogens is 1. The summed E-state index contributed by atoms with van der Waals surface area (Å²) in [6.45, 7) is 5.43. The molecule has 4 heterocycles. The lowest BCUT2D eigenvalue weighted by atomic mass is 10.0. The average molecular weight is 396 g/mol. The maximum absolute atomic E-state index is 13.2. The van der Waals surface area contributed by atoms with E-state index in [1.165, 1.54) is 12.1 Å². The van der Waals surface area contributed by atoms with Crippen molar-refractivity contribution in [2.75, 3.05) is 45.1 Å². The highest BCUT2D eigenvalue weighted by molar-refractivity contribution is 5.80. The summed E-state index contributed by atoms with van der Waals surface area (Å²) in [5, 5.41) is 0. The van der Waals surface area contributed by atoms with Gasteiger partial charge < -0.3 is 15.4 Å². The standard InChI is InChI=1S/C22H25FN4O2/c23-17-3-1-14(2-4-17)20-6-5-19(24)21(25-20)7-22(28)27-10-15-8-26(9-16(15)11-27)18-12-29-13-18/h1-6,15-16,18H,7-13,24H2. The maximum atomic E-state index is 13.2. The van der Waals surface area contributed by atoms with Crippen LogP contribution in [-0.2, 0) is 16.0 Å². The molecule has 3 aliphatic rings. The minimum absolute atomic E-state index is 0.0772. The first-order chi connectivity index (χ1) is 14.1. The minimum atomic E-state index is -0.289. The van der Waals surface area contributed by atoms with Gasteiger partial charge in [-0.05, 0) is 48.2 Å². The van der Waals surface area contributed by atoms with Gasteiger partial charge >= 0.3 is 0 Å². The monoisotopic (exact) mass is 396 g/mol. The summed E-state index contributed by atoms with van der Waals surface area (Å²) in [4.78, 5) is 22.0. The third kappa shape index (κ3) is 3.60. The molecular formula is C22H25FN4O2. The Bertz CT molecular complexity index is 902. The van der Waals surface area contributed by atoms with E-state index in [0.29, 0.717) is 35.0 Å². The number of carbonyl (C=O) groups excluding carboxylic acids is 1. The first-order valence-corrected chi connectivity index (χ1v) is 10.2. The molecule has 1 amide bonds. The second kappa shape index (κ2) is 7.39. The number of carbonyl (C=O) groups is 1. The number of anilines is 1. The summed E-state index contributed by atoms with van der Waals surface area (Å²) in [5.41, 5.74) is 8.69. The molecule has 3 saturated heterocycles. The Kier molecular flexibility index (Phi) is 4.72. The van der Waals surface area contributed by atoms with Gasteiger partial charge in [0.05, 0.1) is 42.8 Å². The van der Waals surface area contributed by atoms with Gasteiger partial charge in [0.15, 0.2) is 0 Å². The first kappa shape index (κ1) is 18.5. The SMILES string of the molecule is Nc1ccc(-c2ccc(F)cc2)nc1CC(=O)N1CC2CN(C3COC3)CC2C1. The number of hydrogen-bond acceptors (Lipinski definition) is 5. The van der Waals surface area contributed by atoms with Gasteiger partial charge in [0.25, 0.3) is 0 Å². The quantitative estimate of drug-likeness (QED) is 0.853. The lowest BCUT2D eigenvalue weighted by molar-refractivity contribution is -0.130. The Morgan fingerprint density at radius 2 is 1.76 bits per heavy atom. The van der Waals surface area contributed by atoms with Crippen LogP contribution in [0.15, 0.2) is 36.4 Å². The van der Waals surface area contributed by atoms with E-state index in [-0.39, 0.29) is 18.1 Å². The molecule has 0 radical (unpaired) electrons. The smallest absolute Gasteiger partial charge is 0.228 e. The fraction of sp³-hybridized carbons (Fsp3) is 0.455. The van der Waals surface area contributed by atoms with Gasteiger partial charge in [0.1, 0.15) is 5.82 Å². The summed E-state index contributed by atoms with van der Waals surface area (Å²) in [7, 11) is 0. The van der Waals surface area contributed by atoms with Gasteiger partial charge in [0.2, 0.25) is 5.91 Å². The normalized spacial score (nSPS) is 24.5. The number of likely N-dealkylation sites (tertiary alicyclic amines) is 2. The summed E-state index contributed by atoms with van der Waals surface area (Å²) in [6, 6.07) is 10.3. The summed E-state index contributed by atoms with van der Waals surface area (Å²) in [5.74, 6) is 0.891. The van der Waals surface area contributed by atoms with E-state index in [0.717, 1.165) is 45.0 Å². The van der Waals surface area contributed by atoms with E-state index < -0.39 is 0 Å². The largest absolute Gasteiger partial charge is 0.397 e. The maximum Gasteiger partial charge on any atom is 0.228 e. The number of amides is 1. The summed E-state index contributed by atoms with van der Waals surface area (Å²) < 4.78 is 18.5. The molecule has 1 aromatic carbocycles. The Hall–Kier alpha value is -2.51. The number of hydrogen-bond donors (Lipinski definition) is 1. The van der Waals surface area contributed by atoms with Crippen molar-refractivity contribution in [1.82, 2.24) is 14.8 Å². The highest BCUT2D eigenvalue weighted by Crippen LogP contribution is 2.33. The van der Waals surface area contributed by atoms with Gasteiger partial charge in [0, 0.05) is 31.7 Å². The number of fused-ring (bicyclic) bond motifs is 1. The van der Waals surface area contributed by atoms with Crippen LogP contribution in [0.2, 0.25) is 0 Å². The molecule has 1 aromatic heterocycles. The molecule has 0 spiro atoms. The van der Waals surface area contributed by atoms with Crippen molar-refractivity contribution in [2.45, 2.75) is 12.5 Å². The fourth-order valence-electron chi connectivity index (χ4n) is 4.66. The molecule has 6 nitrogen and oxygen atoms in total. The van der Waals surface area contributed by atoms with E-state index in [1.807, 2.05) is 4.90 Å². The molecule has 0 bridgehead atoms. The van der Waals surface area contributed by atoms with E-state index in [4.69, 9.17) is 10.5 Å². The topological polar surface area (TPSA) is 71.7 Å². The van der Waals surface area contributed by atoms with Gasteiger partial charge in [-0.25, -0.2) is 4.39 Å². The molecule has 29 heavy (non-hydrogen) atoms. The molecule has 2 unspecified atom stereocenters. The average Bonchev–Trinajstić information content (AvgIpc) is 3.22. The lowest BCUT2D eigenvalue weighted by Crippen LogP contribution is -2.49. The van der Waals surface area contributed by atoms with Crippen LogP contribution in [-0.4, -0.2) is 66.1 Å².